The molecule has 0 aromatic carbocycles. The van der Waals surface area contributed by atoms with Gasteiger partial charge in [0, 0.05) is 6.54 Å². The van der Waals surface area contributed by atoms with Gasteiger partial charge in [0.25, 0.3) is 0 Å². The van der Waals surface area contributed by atoms with E-state index in [4.69, 9.17) is 0 Å². The first-order valence-electron chi connectivity index (χ1n) is 5.12. The zero-order valence-electron chi connectivity index (χ0n) is 9.18. The Morgan fingerprint density at radius 2 is 1.92 bits per heavy atom. The van der Waals surface area contributed by atoms with Crippen LogP contribution >= 0.6 is 0 Å². The van der Waals surface area contributed by atoms with E-state index < -0.39 is 0 Å². The molecule has 2 atom stereocenters. The standard InChI is InChI=1S/C10H22N2O/c1-5-8(3)7-12-9(4)10(13)11-6-2/h8-9,12H,5-7H2,1-4H3,(H,11,13). The van der Waals surface area contributed by atoms with Crippen LogP contribution in [0.1, 0.15) is 34.1 Å². The van der Waals surface area contributed by atoms with Crippen molar-refractivity contribution in [3.8, 4) is 0 Å². The molecule has 0 saturated heterocycles. The van der Waals surface area contributed by atoms with Crippen LogP contribution in [0.3, 0.4) is 0 Å². The average Bonchev–Trinajstić information content (AvgIpc) is 2.13. The van der Waals surface area contributed by atoms with Crippen LogP contribution < -0.4 is 10.6 Å². The fourth-order valence-electron chi connectivity index (χ4n) is 0.942. The molecule has 0 aromatic rings. The minimum absolute atomic E-state index is 0.0750. The molecule has 3 heteroatoms. The number of carbonyl (C=O) groups is 1. The summed E-state index contributed by atoms with van der Waals surface area (Å²) in [5, 5.41) is 5.99. The predicted molar refractivity (Wildman–Crippen MR) is 55.6 cm³/mol. The van der Waals surface area contributed by atoms with E-state index in [0.717, 1.165) is 13.0 Å². The highest BCUT2D eigenvalue weighted by atomic mass is 16.2. The maximum Gasteiger partial charge on any atom is 0.236 e. The first kappa shape index (κ1) is 12.4. The molecule has 0 aliphatic carbocycles. The van der Waals surface area contributed by atoms with Gasteiger partial charge in [0.15, 0.2) is 0 Å². The second kappa shape index (κ2) is 6.89. The summed E-state index contributed by atoms with van der Waals surface area (Å²) in [6.45, 7) is 9.77. The highest BCUT2D eigenvalue weighted by Crippen LogP contribution is 1.97. The zero-order chi connectivity index (χ0) is 10.3. The molecule has 0 rings (SSSR count). The molecule has 2 N–H and O–H groups in total. The Morgan fingerprint density at radius 1 is 1.31 bits per heavy atom. The predicted octanol–water partition coefficient (Wildman–Crippen LogP) is 1.15. The molecule has 0 aromatic heterocycles. The third-order valence-electron chi connectivity index (χ3n) is 2.21. The number of hydrogen-bond acceptors (Lipinski definition) is 2. The molecule has 0 spiro atoms. The van der Waals surface area contributed by atoms with Gasteiger partial charge in [-0.25, -0.2) is 0 Å². The van der Waals surface area contributed by atoms with Crippen molar-refractivity contribution < 1.29 is 4.79 Å². The molecule has 0 bridgehead atoms. The Labute approximate surface area is 81.3 Å². The number of likely N-dealkylation sites (N-methyl/N-ethyl adjacent to an activating group) is 1. The van der Waals surface area contributed by atoms with Gasteiger partial charge < -0.3 is 10.6 Å². The Balaban J connectivity index is 3.60. The molecule has 13 heavy (non-hydrogen) atoms. The van der Waals surface area contributed by atoms with E-state index in [1.165, 1.54) is 0 Å². The normalized spacial score (nSPS) is 15.1. The summed E-state index contributed by atoms with van der Waals surface area (Å²) >= 11 is 0. The summed E-state index contributed by atoms with van der Waals surface area (Å²) < 4.78 is 0. The van der Waals surface area contributed by atoms with E-state index in [0.29, 0.717) is 12.5 Å². The van der Waals surface area contributed by atoms with E-state index in [2.05, 4.69) is 24.5 Å². The van der Waals surface area contributed by atoms with Crippen molar-refractivity contribution >= 4 is 5.91 Å². The van der Waals surface area contributed by atoms with Crippen LogP contribution in [0.15, 0.2) is 0 Å². The van der Waals surface area contributed by atoms with Crippen molar-refractivity contribution in [3.63, 3.8) is 0 Å². The van der Waals surface area contributed by atoms with Crippen LogP contribution in [0.2, 0.25) is 0 Å². The first-order chi connectivity index (χ1) is 6.11. The van der Waals surface area contributed by atoms with Crippen molar-refractivity contribution in [2.45, 2.75) is 40.2 Å². The zero-order valence-corrected chi connectivity index (χ0v) is 9.18. The van der Waals surface area contributed by atoms with Gasteiger partial charge in [0.2, 0.25) is 5.91 Å². The molecule has 0 saturated carbocycles. The molecule has 0 heterocycles. The van der Waals surface area contributed by atoms with E-state index >= 15 is 0 Å². The Morgan fingerprint density at radius 3 is 2.38 bits per heavy atom. The number of amides is 1. The lowest BCUT2D eigenvalue weighted by Gasteiger charge is -2.15. The second-order valence-electron chi connectivity index (χ2n) is 3.54. The third-order valence-corrected chi connectivity index (χ3v) is 2.21. The number of hydrogen-bond donors (Lipinski definition) is 2. The summed E-state index contributed by atoms with van der Waals surface area (Å²) in [6.07, 6.45) is 1.15. The monoisotopic (exact) mass is 186 g/mol. The summed E-state index contributed by atoms with van der Waals surface area (Å²) in [5.74, 6) is 0.725. The molecule has 1 amide bonds. The molecule has 0 radical (unpaired) electrons. The van der Waals surface area contributed by atoms with Crippen LogP contribution in [-0.2, 0) is 4.79 Å². The lowest BCUT2D eigenvalue weighted by molar-refractivity contribution is -0.122. The molecular weight excluding hydrogens is 164 g/mol. The number of carbonyl (C=O) groups excluding carboxylic acids is 1. The maximum atomic E-state index is 11.3. The van der Waals surface area contributed by atoms with Gasteiger partial charge in [-0.1, -0.05) is 20.3 Å². The van der Waals surface area contributed by atoms with E-state index in [1.807, 2.05) is 13.8 Å². The molecule has 0 fully saturated rings. The van der Waals surface area contributed by atoms with Gasteiger partial charge in [-0.3, -0.25) is 4.79 Å². The molecule has 0 aliphatic heterocycles. The molecule has 2 unspecified atom stereocenters. The van der Waals surface area contributed by atoms with E-state index in [1.54, 1.807) is 0 Å². The smallest absolute Gasteiger partial charge is 0.236 e. The van der Waals surface area contributed by atoms with Crippen molar-refractivity contribution in [2.75, 3.05) is 13.1 Å². The Hall–Kier alpha value is -0.570. The van der Waals surface area contributed by atoms with Crippen molar-refractivity contribution in [3.05, 3.63) is 0 Å². The maximum absolute atomic E-state index is 11.3. The largest absolute Gasteiger partial charge is 0.355 e. The highest BCUT2D eigenvalue weighted by Gasteiger charge is 2.11. The van der Waals surface area contributed by atoms with Gasteiger partial charge in [0.05, 0.1) is 6.04 Å². The fraction of sp³-hybridized carbons (Fsp3) is 0.900. The van der Waals surface area contributed by atoms with Crippen LogP contribution in [0, 0.1) is 5.92 Å². The van der Waals surface area contributed by atoms with Crippen molar-refractivity contribution in [2.24, 2.45) is 5.92 Å². The van der Waals surface area contributed by atoms with Gasteiger partial charge in [-0.05, 0) is 26.3 Å². The average molecular weight is 186 g/mol. The molecule has 3 nitrogen and oxygen atoms in total. The lowest BCUT2D eigenvalue weighted by atomic mass is 10.1. The Bertz CT molecular complexity index is 148. The van der Waals surface area contributed by atoms with Crippen molar-refractivity contribution in [1.29, 1.82) is 0 Å². The topological polar surface area (TPSA) is 41.1 Å². The summed E-state index contributed by atoms with van der Waals surface area (Å²) in [5.41, 5.74) is 0. The third kappa shape index (κ3) is 5.64. The highest BCUT2D eigenvalue weighted by molar-refractivity contribution is 5.81. The summed E-state index contributed by atoms with van der Waals surface area (Å²) in [4.78, 5) is 11.3. The number of rotatable bonds is 6. The quantitative estimate of drug-likeness (QED) is 0.653. The number of nitrogens with one attached hydrogen (secondary N) is 2. The SMILES string of the molecule is CCNC(=O)C(C)NCC(C)CC. The molecular formula is C10H22N2O. The van der Waals surface area contributed by atoms with Gasteiger partial charge in [-0.2, -0.15) is 0 Å². The summed E-state index contributed by atoms with van der Waals surface area (Å²) in [7, 11) is 0. The minimum Gasteiger partial charge on any atom is -0.355 e. The van der Waals surface area contributed by atoms with Gasteiger partial charge in [0.1, 0.15) is 0 Å². The Kier molecular flexibility index (Phi) is 6.59. The summed E-state index contributed by atoms with van der Waals surface area (Å²) in [6, 6.07) is -0.0750. The van der Waals surface area contributed by atoms with Crippen LogP contribution in [0.25, 0.3) is 0 Å². The van der Waals surface area contributed by atoms with Crippen LogP contribution in [0.5, 0.6) is 0 Å². The van der Waals surface area contributed by atoms with E-state index in [9.17, 15) is 4.79 Å². The lowest BCUT2D eigenvalue weighted by Crippen LogP contribution is -2.43. The second-order valence-corrected chi connectivity index (χ2v) is 3.54. The molecule has 78 valence electrons. The van der Waals surface area contributed by atoms with Crippen molar-refractivity contribution in [1.82, 2.24) is 10.6 Å². The van der Waals surface area contributed by atoms with Crippen LogP contribution in [-0.4, -0.2) is 25.0 Å². The van der Waals surface area contributed by atoms with Crippen LogP contribution in [0.4, 0.5) is 0 Å². The van der Waals surface area contributed by atoms with E-state index in [-0.39, 0.29) is 11.9 Å². The molecule has 0 aliphatic rings. The first-order valence-corrected chi connectivity index (χ1v) is 5.12. The fourth-order valence-corrected chi connectivity index (χ4v) is 0.942. The van der Waals surface area contributed by atoms with Gasteiger partial charge in [-0.15, -0.1) is 0 Å². The van der Waals surface area contributed by atoms with Gasteiger partial charge >= 0.3 is 0 Å². The minimum atomic E-state index is -0.0750.